The zero-order chi connectivity index (χ0) is 15.2. The first-order chi connectivity index (χ1) is 10.2. The van der Waals surface area contributed by atoms with Crippen LogP contribution in [0.1, 0.15) is 15.9 Å². The Labute approximate surface area is 131 Å². The highest BCUT2D eigenvalue weighted by atomic mass is 79.9. The van der Waals surface area contributed by atoms with Crippen LogP contribution in [0.4, 0.5) is 0 Å². The number of ether oxygens (including phenoxy) is 2. The maximum absolute atomic E-state index is 12.1. The summed E-state index contributed by atoms with van der Waals surface area (Å²) in [7, 11) is 1.54. The van der Waals surface area contributed by atoms with Crippen molar-refractivity contribution in [3.05, 3.63) is 58.1 Å². The summed E-state index contributed by atoms with van der Waals surface area (Å²) >= 11 is 3.36. The Morgan fingerprint density at radius 3 is 2.57 bits per heavy atom. The van der Waals surface area contributed by atoms with Crippen LogP contribution in [0, 0.1) is 11.3 Å². The number of nitrogens with zero attached hydrogens (tertiary/aromatic N) is 1. The van der Waals surface area contributed by atoms with Gasteiger partial charge in [0.1, 0.15) is 0 Å². The van der Waals surface area contributed by atoms with Crippen LogP contribution < -0.4 is 9.47 Å². The van der Waals surface area contributed by atoms with Crippen LogP contribution in [0.3, 0.4) is 0 Å². The molecule has 2 rings (SSSR count). The molecule has 0 N–H and O–H groups in total. The lowest BCUT2D eigenvalue weighted by molar-refractivity contribution is 0.0919. The molecule has 0 bridgehead atoms. The molecule has 4 nitrogen and oxygen atoms in total. The minimum absolute atomic E-state index is 0.106. The van der Waals surface area contributed by atoms with Gasteiger partial charge in [0.25, 0.3) is 0 Å². The van der Waals surface area contributed by atoms with Crippen molar-refractivity contribution in [2.24, 2.45) is 0 Å². The van der Waals surface area contributed by atoms with Crippen LogP contribution in [0.15, 0.2) is 46.9 Å². The Balaban J connectivity index is 2.09. The molecule has 0 saturated carbocycles. The van der Waals surface area contributed by atoms with Gasteiger partial charge in [0, 0.05) is 5.56 Å². The van der Waals surface area contributed by atoms with Gasteiger partial charge in [-0.3, -0.25) is 4.79 Å². The Kier molecular flexibility index (Phi) is 4.96. The Morgan fingerprint density at radius 1 is 1.24 bits per heavy atom. The molecule has 0 fully saturated rings. The summed E-state index contributed by atoms with van der Waals surface area (Å²) in [5.41, 5.74) is 1.01. The first-order valence-electron chi connectivity index (χ1n) is 6.14. The minimum atomic E-state index is -0.169. The quantitative estimate of drug-likeness (QED) is 0.777. The average Bonchev–Trinajstić information content (AvgIpc) is 2.53. The number of hydrogen-bond acceptors (Lipinski definition) is 4. The van der Waals surface area contributed by atoms with Crippen LogP contribution >= 0.6 is 15.9 Å². The number of benzene rings is 2. The molecule has 0 aliphatic rings. The topological polar surface area (TPSA) is 59.3 Å². The van der Waals surface area contributed by atoms with E-state index in [1.165, 1.54) is 7.11 Å². The molecule has 0 spiro atoms. The summed E-state index contributed by atoms with van der Waals surface area (Å²) in [5, 5.41) is 8.73. The Hall–Kier alpha value is -2.32. The van der Waals surface area contributed by atoms with Crippen LogP contribution in [-0.2, 0) is 0 Å². The summed E-state index contributed by atoms with van der Waals surface area (Å²) in [6.07, 6.45) is 0. The average molecular weight is 346 g/mol. The van der Waals surface area contributed by atoms with Gasteiger partial charge in [-0.1, -0.05) is 6.07 Å². The van der Waals surface area contributed by atoms with E-state index in [2.05, 4.69) is 15.9 Å². The van der Waals surface area contributed by atoms with E-state index >= 15 is 0 Å². The second-order valence-corrected chi connectivity index (χ2v) is 5.03. The van der Waals surface area contributed by atoms with Crippen molar-refractivity contribution in [2.45, 2.75) is 0 Å². The molecule has 0 atom stereocenters. The predicted octanol–water partition coefficient (Wildman–Crippen LogP) is 3.59. The van der Waals surface area contributed by atoms with Gasteiger partial charge >= 0.3 is 0 Å². The zero-order valence-electron chi connectivity index (χ0n) is 11.3. The number of carbonyl (C=O) groups is 1. The van der Waals surface area contributed by atoms with Crippen molar-refractivity contribution in [2.75, 3.05) is 13.7 Å². The van der Waals surface area contributed by atoms with Crippen molar-refractivity contribution >= 4 is 21.7 Å². The molecule has 5 heteroatoms. The molecule has 0 saturated heterocycles. The first kappa shape index (κ1) is 15.1. The molecule has 0 radical (unpaired) electrons. The molecular formula is C16H12BrNO3. The van der Waals surface area contributed by atoms with Gasteiger partial charge in [0.2, 0.25) is 0 Å². The summed E-state index contributed by atoms with van der Waals surface area (Å²) < 4.78 is 11.5. The summed E-state index contributed by atoms with van der Waals surface area (Å²) in [6, 6.07) is 13.8. The number of para-hydroxylation sites is 1. The highest BCUT2D eigenvalue weighted by molar-refractivity contribution is 9.10. The lowest BCUT2D eigenvalue weighted by atomic mass is 10.1. The van der Waals surface area contributed by atoms with E-state index in [0.717, 1.165) is 4.47 Å². The number of carbonyl (C=O) groups excluding carboxylic acids is 1. The lowest BCUT2D eigenvalue weighted by Crippen LogP contribution is -2.12. The van der Waals surface area contributed by atoms with E-state index in [1.54, 1.807) is 30.3 Å². The maximum atomic E-state index is 12.1. The largest absolute Gasteiger partial charge is 0.493 e. The van der Waals surface area contributed by atoms with Crippen molar-refractivity contribution in [1.29, 1.82) is 5.26 Å². The van der Waals surface area contributed by atoms with Crippen LogP contribution in [0.5, 0.6) is 11.5 Å². The van der Waals surface area contributed by atoms with Gasteiger partial charge in [0.15, 0.2) is 23.9 Å². The fraction of sp³-hybridized carbons (Fsp3) is 0.125. The zero-order valence-corrected chi connectivity index (χ0v) is 12.9. The second kappa shape index (κ2) is 6.91. The fourth-order valence-corrected chi connectivity index (χ4v) is 2.20. The van der Waals surface area contributed by atoms with Gasteiger partial charge in [-0.25, -0.2) is 0 Å². The summed E-state index contributed by atoms with van der Waals surface area (Å²) in [4.78, 5) is 12.1. The third-order valence-corrected chi connectivity index (χ3v) is 3.46. The number of ketones is 1. The molecule has 106 valence electrons. The van der Waals surface area contributed by atoms with E-state index in [4.69, 9.17) is 14.7 Å². The van der Waals surface area contributed by atoms with Crippen molar-refractivity contribution in [3.8, 4) is 17.6 Å². The van der Waals surface area contributed by atoms with Gasteiger partial charge in [-0.05, 0) is 52.3 Å². The van der Waals surface area contributed by atoms with E-state index in [-0.39, 0.29) is 12.4 Å². The monoisotopic (exact) mass is 345 g/mol. The number of halogens is 1. The van der Waals surface area contributed by atoms with E-state index in [0.29, 0.717) is 22.6 Å². The number of rotatable bonds is 5. The predicted molar refractivity (Wildman–Crippen MR) is 81.7 cm³/mol. The standard InChI is InChI=1S/C16H12BrNO3/c1-20-15-4-2-3-13(17)16(15)21-10-14(19)12-7-5-11(9-18)6-8-12/h2-8H,10H2,1H3. The van der Waals surface area contributed by atoms with Crippen molar-refractivity contribution in [3.63, 3.8) is 0 Å². The fourth-order valence-electron chi connectivity index (χ4n) is 1.74. The smallest absolute Gasteiger partial charge is 0.200 e. The van der Waals surface area contributed by atoms with Crippen LogP contribution in [-0.4, -0.2) is 19.5 Å². The molecule has 2 aromatic rings. The van der Waals surface area contributed by atoms with Gasteiger partial charge in [-0.15, -0.1) is 0 Å². The molecule has 0 aliphatic heterocycles. The molecule has 0 amide bonds. The highest BCUT2D eigenvalue weighted by Gasteiger charge is 2.12. The molecular weight excluding hydrogens is 334 g/mol. The van der Waals surface area contributed by atoms with Gasteiger partial charge in [0.05, 0.1) is 23.2 Å². The molecule has 0 unspecified atom stereocenters. The first-order valence-corrected chi connectivity index (χ1v) is 6.93. The van der Waals surface area contributed by atoms with Crippen molar-refractivity contribution < 1.29 is 14.3 Å². The van der Waals surface area contributed by atoms with E-state index in [9.17, 15) is 4.79 Å². The summed E-state index contributed by atoms with van der Waals surface area (Å²) in [5.74, 6) is 0.872. The third-order valence-electron chi connectivity index (χ3n) is 2.83. The third kappa shape index (κ3) is 3.61. The normalized spacial score (nSPS) is 9.76. The molecule has 21 heavy (non-hydrogen) atoms. The minimum Gasteiger partial charge on any atom is -0.493 e. The molecule has 2 aromatic carbocycles. The van der Waals surface area contributed by atoms with Gasteiger partial charge in [-0.2, -0.15) is 5.26 Å². The Bertz CT molecular complexity index is 690. The number of nitriles is 1. The molecule has 0 heterocycles. The molecule has 0 aliphatic carbocycles. The number of Topliss-reactive ketones (excluding diaryl/α,β-unsaturated/α-hetero) is 1. The summed E-state index contributed by atoms with van der Waals surface area (Å²) in [6.45, 7) is -0.106. The lowest BCUT2D eigenvalue weighted by Gasteiger charge is -2.11. The second-order valence-electron chi connectivity index (χ2n) is 4.17. The molecule has 0 aromatic heterocycles. The van der Waals surface area contributed by atoms with Crippen LogP contribution in [0.25, 0.3) is 0 Å². The van der Waals surface area contributed by atoms with E-state index in [1.807, 2.05) is 18.2 Å². The maximum Gasteiger partial charge on any atom is 0.200 e. The Morgan fingerprint density at radius 2 is 1.95 bits per heavy atom. The van der Waals surface area contributed by atoms with Crippen LogP contribution in [0.2, 0.25) is 0 Å². The number of methoxy groups -OCH3 is 1. The van der Waals surface area contributed by atoms with E-state index < -0.39 is 0 Å². The number of hydrogen-bond donors (Lipinski definition) is 0. The van der Waals surface area contributed by atoms with Gasteiger partial charge < -0.3 is 9.47 Å². The van der Waals surface area contributed by atoms with Crippen molar-refractivity contribution in [1.82, 2.24) is 0 Å². The highest BCUT2D eigenvalue weighted by Crippen LogP contribution is 2.34. The SMILES string of the molecule is COc1cccc(Br)c1OCC(=O)c1ccc(C#N)cc1.